The fourth-order valence-corrected chi connectivity index (χ4v) is 6.73. The Morgan fingerprint density at radius 2 is 1.47 bits per heavy atom. The molecule has 0 radical (unpaired) electrons. The van der Waals surface area contributed by atoms with Gasteiger partial charge in [0, 0.05) is 32.7 Å². The van der Waals surface area contributed by atoms with E-state index in [1.54, 1.807) is 0 Å². The number of hydrogen-bond donors (Lipinski definition) is 0. The molecule has 0 N–H and O–H groups in total. The molecule has 1 atom stereocenters. The number of hydrogen-bond acceptors (Lipinski definition) is 4. The van der Waals surface area contributed by atoms with E-state index in [1.807, 2.05) is 24.0 Å². The van der Waals surface area contributed by atoms with Gasteiger partial charge in [0.2, 0.25) is 15.9 Å². The van der Waals surface area contributed by atoms with Crippen molar-refractivity contribution in [2.24, 2.45) is 0 Å². The molecule has 1 amide bonds. The maximum absolute atomic E-state index is 13.3. The lowest BCUT2D eigenvalue weighted by Crippen LogP contribution is -2.55. The van der Waals surface area contributed by atoms with Gasteiger partial charge in [-0.25, -0.2) is 8.42 Å². The first-order valence-electron chi connectivity index (χ1n) is 11.6. The SMILES string of the molecule is CCCS(=O)(=O)N1CCCC1C(=O)N1CCN(C(c2ccccc2)c2ccccc2)CC1. The fourth-order valence-electron chi connectivity index (χ4n) is 4.99. The molecule has 4 rings (SSSR count). The molecule has 1 unspecified atom stereocenters. The average Bonchev–Trinajstić information content (AvgIpc) is 3.32. The van der Waals surface area contributed by atoms with Crippen LogP contribution in [0.3, 0.4) is 0 Å². The average molecular weight is 456 g/mol. The van der Waals surface area contributed by atoms with Crippen LogP contribution >= 0.6 is 0 Å². The van der Waals surface area contributed by atoms with Gasteiger partial charge in [-0.15, -0.1) is 0 Å². The van der Waals surface area contributed by atoms with E-state index in [0.29, 0.717) is 32.5 Å². The molecule has 32 heavy (non-hydrogen) atoms. The van der Waals surface area contributed by atoms with Crippen molar-refractivity contribution in [2.75, 3.05) is 38.5 Å². The number of sulfonamides is 1. The Hall–Kier alpha value is -2.22. The van der Waals surface area contributed by atoms with E-state index in [2.05, 4.69) is 53.4 Å². The van der Waals surface area contributed by atoms with Crippen LogP contribution in [0.1, 0.15) is 43.4 Å². The Morgan fingerprint density at radius 1 is 0.906 bits per heavy atom. The molecule has 6 nitrogen and oxygen atoms in total. The molecule has 0 aliphatic carbocycles. The summed E-state index contributed by atoms with van der Waals surface area (Å²) in [6, 6.07) is 20.6. The van der Waals surface area contributed by atoms with Crippen molar-refractivity contribution >= 4 is 15.9 Å². The summed E-state index contributed by atoms with van der Waals surface area (Å²) >= 11 is 0. The van der Waals surface area contributed by atoms with E-state index in [4.69, 9.17) is 0 Å². The number of carbonyl (C=O) groups is 1. The zero-order chi connectivity index (χ0) is 22.6. The monoisotopic (exact) mass is 455 g/mol. The van der Waals surface area contributed by atoms with Crippen molar-refractivity contribution < 1.29 is 13.2 Å². The first-order chi connectivity index (χ1) is 15.5. The van der Waals surface area contributed by atoms with E-state index in [1.165, 1.54) is 15.4 Å². The summed E-state index contributed by atoms with van der Waals surface area (Å²) < 4.78 is 26.7. The van der Waals surface area contributed by atoms with E-state index in [9.17, 15) is 13.2 Å². The molecule has 172 valence electrons. The molecule has 0 spiro atoms. The third-order valence-electron chi connectivity index (χ3n) is 6.53. The maximum atomic E-state index is 13.3. The molecule has 0 saturated carbocycles. The number of carbonyl (C=O) groups excluding carboxylic acids is 1. The second-order valence-corrected chi connectivity index (χ2v) is 10.7. The van der Waals surface area contributed by atoms with Gasteiger partial charge in [-0.05, 0) is 30.4 Å². The molecular formula is C25H33N3O3S. The normalized spacial score (nSPS) is 20.7. The number of rotatable bonds is 7. The molecule has 0 bridgehead atoms. The summed E-state index contributed by atoms with van der Waals surface area (Å²) in [5.74, 6) is 0.0817. The molecule has 2 aromatic carbocycles. The summed E-state index contributed by atoms with van der Waals surface area (Å²) in [5.41, 5.74) is 2.48. The van der Waals surface area contributed by atoms with Gasteiger partial charge in [0.1, 0.15) is 6.04 Å². The van der Waals surface area contributed by atoms with Crippen molar-refractivity contribution in [3.05, 3.63) is 71.8 Å². The Kier molecular flexibility index (Phi) is 7.28. The molecule has 0 aromatic heterocycles. The highest BCUT2D eigenvalue weighted by atomic mass is 32.2. The lowest BCUT2D eigenvalue weighted by Gasteiger charge is -2.41. The van der Waals surface area contributed by atoms with Crippen LogP contribution in [-0.4, -0.2) is 72.9 Å². The Labute approximate surface area is 191 Å². The van der Waals surface area contributed by atoms with Crippen LogP contribution in [0.25, 0.3) is 0 Å². The molecule has 2 heterocycles. The second-order valence-electron chi connectivity index (χ2n) is 8.67. The highest BCUT2D eigenvalue weighted by Gasteiger charge is 2.41. The maximum Gasteiger partial charge on any atom is 0.241 e. The lowest BCUT2D eigenvalue weighted by molar-refractivity contribution is -0.136. The van der Waals surface area contributed by atoms with E-state index < -0.39 is 16.1 Å². The highest BCUT2D eigenvalue weighted by Crippen LogP contribution is 2.30. The summed E-state index contributed by atoms with van der Waals surface area (Å²) in [6.07, 6.45) is 1.95. The fraction of sp³-hybridized carbons (Fsp3) is 0.480. The van der Waals surface area contributed by atoms with Crippen LogP contribution in [0.5, 0.6) is 0 Å². The highest BCUT2D eigenvalue weighted by molar-refractivity contribution is 7.89. The van der Waals surface area contributed by atoms with E-state index >= 15 is 0 Å². The topological polar surface area (TPSA) is 60.9 Å². The Balaban J connectivity index is 1.46. The van der Waals surface area contributed by atoms with Gasteiger partial charge in [0.15, 0.2) is 0 Å². The van der Waals surface area contributed by atoms with Crippen LogP contribution < -0.4 is 0 Å². The minimum Gasteiger partial charge on any atom is -0.339 e. The minimum absolute atomic E-state index is 0.0298. The number of benzene rings is 2. The van der Waals surface area contributed by atoms with Crippen molar-refractivity contribution in [1.82, 2.24) is 14.1 Å². The van der Waals surface area contributed by atoms with Gasteiger partial charge in [0.05, 0.1) is 11.8 Å². The van der Waals surface area contributed by atoms with Crippen LogP contribution in [0, 0.1) is 0 Å². The lowest BCUT2D eigenvalue weighted by atomic mass is 9.96. The summed E-state index contributed by atoms with van der Waals surface area (Å²) in [5, 5.41) is 0. The van der Waals surface area contributed by atoms with E-state index in [-0.39, 0.29) is 17.7 Å². The van der Waals surface area contributed by atoms with Gasteiger partial charge >= 0.3 is 0 Å². The second kappa shape index (κ2) is 10.1. The van der Waals surface area contributed by atoms with Gasteiger partial charge in [-0.2, -0.15) is 4.31 Å². The molecule has 7 heteroatoms. The van der Waals surface area contributed by atoms with Gasteiger partial charge < -0.3 is 4.90 Å². The summed E-state index contributed by atoms with van der Waals surface area (Å²) in [4.78, 5) is 17.6. The van der Waals surface area contributed by atoms with Crippen molar-refractivity contribution in [3.8, 4) is 0 Å². The van der Waals surface area contributed by atoms with Crippen LogP contribution in [0.4, 0.5) is 0 Å². The van der Waals surface area contributed by atoms with Crippen LogP contribution in [-0.2, 0) is 14.8 Å². The predicted molar refractivity (Wildman–Crippen MR) is 127 cm³/mol. The van der Waals surface area contributed by atoms with Crippen LogP contribution in [0.2, 0.25) is 0 Å². The third-order valence-corrected chi connectivity index (χ3v) is 8.61. The Bertz CT molecular complexity index is 950. The zero-order valence-electron chi connectivity index (χ0n) is 18.8. The summed E-state index contributed by atoms with van der Waals surface area (Å²) in [7, 11) is -3.36. The third kappa shape index (κ3) is 4.90. The van der Waals surface area contributed by atoms with Crippen molar-refractivity contribution in [2.45, 2.75) is 38.3 Å². The largest absolute Gasteiger partial charge is 0.339 e. The molecular weight excluding hydrogens is 422 g/mol. The predicted octanol–water partition coefficient (Wildman–Crippen LogP) is 3.12. The van der Waals surface area contributed by atoms with Crippen molar-refractivity contribution in [1.29, 1.82) is 0 Å². The molecule has 2 saturated heterocycles. The van der Waals surface area contributed by atoms with Gasteiger partial charge in [-0.1, -0.05) is 67.6 Å². The van der Waals surface area contributed by atoms with Gasteiger partial charge in [-0.3, -0.25) is 9.69 Å². The molecule has 2 aromatic rings. The van der Waals surface area contributed by atoms with Gasteiger partial charge in [0.25, 0.3) is 0 Å². The van der Waals surface area contributed by atoms with Crippen molar-refractivity contribution in [3.63, 3.8) is 0 Å². The molecule has 2 fully saturated rings. The Morgan fingerprint density at radius 3 is 2.00 bits per heavy atom. The van der Waals surface area contributed by atoms with E-state index in [0.717, 1.165) is 19.5 Å². The van der Waals surface area contributed by atoms with Crippen LogP contribution in [0.15, 0.2) is 60.7 Å². The molecule has 2 aliphatic heterocycles. The minimum atomic E-state index is -3.36. The first kappa shape index (κ1) is 23.0. The zero-order valence-corrected chi connectivity index (χ0v) is 19.6. The first-order valence-corrected chi connectivity index (χ1v) is 13.2. The standard InChI is InChI=1S/C25H33N3O3S/c1-2-20-32(30,31)28-15-9-14-23(28)25(29)27-18-16-26(17-19-27)24(21-10-5-3-6-11-21)22-12-7-4-8-13-22/h3-8,10-13,23-24H,2,9,14-20H2,1H3. The number of piperazine rings is 1. The summed E-state index contributed by atoms with van der Waals surface area (Å²) in [6.45, 7) is 5.08. The smallest absolute Gasteiger partial charge is 0.241 e. The number of nitrogens with zero attached hydrogens (tertiary/aromatic N) is 3. The molecule has 2 aliphatic rings. The number of amides is 1. The quantitative estimate of drug-likeness (QED) is 0.644.